The van der Waals surface area contributed by atoms with Gasteiger partial charge in [0.05, 0.1) is 0 Å². The number of anilines is 1. The van der Waals surface area contributed by atoms with E-state index in [-0.39, 0.29) is 0 Å². The highest BCUT2D eigenvalue weighted by Crippen LogP contribution is 2.22. The van der Waals surface area contributed by atoms with Crippen LogP contribution in [0.15, 0.2) is 36.4 Å². The van der Waals surface area contributed by atoms with Crippen molar-refractivity contribution in [1.29, 1.82) is 0 Å². The van der Waals surface area contributed by atoms with Gasteiger partial charge in [0, 0.05) is 36.5 Å². The van der Waals surface area contributed by atoms with Gasteiger partial charge in [-0.15, -0.1) is 0 Å². The molecule has 0 amide bonds. The molecule has 0 spiro atoms. The van der Waals surface area contributed by atoms with E-state index in [4.69, 9.17) is 10.7 Å². The molecule has 0 saturated carbocycles. The van der Waals surface area contributed by atoms with Gasteiger partial charge in [0.2, 0.25) is 0 Å². The molecule has 0 radical (unpaired) electrons. The fourth-order valence-electron chi connectivity index (χ4n) is 2.56. The van der Waals surface area contributed by atoms with Gasteiger partial charge < -0.3 is 10.6 Å². The first-order valence-electron chi connectivity index (χ1n) is 7.14. The number of aromatic nitrogens is 2. The van der Waals surface area contributed by atoms with Crippen LogP contribution in [-0.4, -0.2) is 29.1 Å². The predicted molar refractivity (Wildman–Crippen MR) is 81.6 cm³/mol. The first kappa shape index (κ1) is 13.1. The lowest BCUT2D eigenvalue weighted by Crippen LogP contribution is -2.40. The van der Waals surface area contributed by atoms with Crippen molar-refractivity contribution < 1.29 is 0 Å². The van der Waals surface area contributed by atoms with Gasteiger partial charge in [-0.2, -0.15) is 0 Å². The molecule has 1 aromatic carbocycles. The number of piperidine rings is 1. The third-order valence-electron chi connectivity index (χ3n) is 3.74. The quantitative estimate of drug-likeness (QED) is 0.908. The predicted octanol–water partition coefficient (Wildman–Crippen LogP) is 2.38. The molecule has 0 atom stereocenters. The Kier molecular flexibility index (Phi) is 3.65. The van der Waals surface area contributed by atoms with Crippen LogP contribution in [0.3, 0.4) is 0 Å². The highest BCUT2D eigenvalue weighted by molar-refractivity contribution is 5.57. The summed E-state index contributed by atoms with van der Waals surface area (Å²) in [5.74, 6) is 1.82. The molecule has 1 saturated heterocycles. The summed E-state index contributed by atoms with van der Waals surface area (Å²) in [4.78, 5) is 11.6. The zero-order chi connectivity index (χ0) is 13.9. The van der Waals surface area contributed by atoms with Crippen LogP contribution in [0.2, 0.25) is 0 Å². The summed E-state index contributed by atoms with van der Waals surface area (Å²) in [7, 11) is 0. The molecule has 4 nitrogen and oxygen atoms in total. The van der Waals surface area contributed by atoms with Crippen LogP contribution in [0.4, 0.5) is 5.82 Å². The summed E-state index contributed by atoms with van der Waals surface area (Å²) in [6.07, 6.45) is 2.06. The van der Waals surface area contributed by atoms with Crippen LogP contribution < -0.4 is 10.6 Å². The molecule has 1 aliphatic heterocycles. The van der Waals surface area contributed by atoms with Crippen molar-refractivity contribution >= 4 is 5.82 Å². The molecule has 3 rings (SSSR count). The first-order valence-corrected chi connectivity index (χ1v) is 7.14. The van der Waals surface area contributed by atoms with Crippen molar-refractivity contribution in [3.05, 3.63) is 42.1 Å². The highest BCUT2D eigenvalue weighted by atomic mass is 15.2. The van der Waals surface area contributed by atoms with Gasteiger partial charge in [-0.1, -0.05) is 30.3 Å². The minimum Gasteiger partial charge on any atom is -0.356 e. The molecule has 1 aromatic heterocycles. The van der Waals surface area contributed by atoms with Gasteiger partial charge in [0.1, 0.15) is 5.82 Å². The van der Waals surface area contributed by atoms with Gasteiger partial charge >= 0.3 is 0 Å². The van der Waals surface area contributed by atoms with Crippen molar-refractivity contribution in [1.82, 2.24) is 9.97 Å². The van der Waals surface area contributed by atoms with E-state index in [2.05, 4.69) is 16.0 Å². The molecule has 2 N–H and O–H groups in total. The van der Waals surface area contributed by atoms with Gasteiger partial charge in [-0.3, -0.25) is 0 Å². The van der Waals surface area contributed by atoms with E-state index < -0.39 is 0 Å². The smallest absolute Gasteiger partial charge is 0.161 e. The standard InChI is InChI=1S/C16H20N4/c1-12-11-15(20-9-7-14(17)8-10-20)19-16(18-12)13-5-3-2-4-6-13/h2-6,11,14H,7-10,17H2,1H3. The topological polar surface area (TPSA) is 55.0 Å². The Morgan fingerprint density at radius 3 is 2.50 bits per heavy atom. The number of hydrogen-bond acceptors (Lipinski definition) is 4. The largest absolute Gasteiger partial charge is 0.356 e. The van der Waals surface area contributed by atoms with E-state index in [0.717, 1.165) is 48.8 Å². The summed E-state index contributed by atoms with van der Waals surface area (Å²) >= 11 is 0. The fraction of sp³-hybridized carbons (Fsp3) is 0.375. The fourth-order valence-corrected chi connectivity index (χ4v) is 2.56. The number of rotatable bonds is 2. The second kappa shape index (κ2) is 5.59. The van der Waals surface area contributed by atoms with Gasteiger partial charge in [-0.25, -0.2) is 9.97 Å². The molecule has 0 aliphatic carbocycles. The molecule has 4 heteroatoms. The molecule has 20 heavy (non-hydrogen) atoms. The summed E-state index contributed by atoms with van der Waals surface area (Å²) in [5.41, 5.74) is 8.03. The summed E-state index contributed by atoms with van der Waals surface area (Å²) in [6.45, 7) is 3.98. The number of aryl methyl sites for hydroxylation is 1. The van der Waals surface area contributed by atoms with Crippen LogP contribution in [-0.2, 0) is 0 Å². The maximum atomic E-state index is 5.97. The molecule has 0 bridgehead atoms. The van der Waals surface area contributed by atoms with E-state index in [1.165, 1.54) is 0 Å². The number of benzene rings is 1. The molecule has 2 aromatic rings. The Hall–Kier alpha value is -1.94. The van der Waals surface area contributed by atoms with Crippen molar-refractivity contribution in [2.24, 2.45) is 5.73 Å². The first-order chi connectivity index (χ1) is 9.72. The zero-order valence-corrected chi connectivity index (χ0v) is 11.8. The number of nitrogens with zero attached hydrogens (tertiary/aromatic N) is 3. The summed E-state index contributed by atoms with van der Waals surface area (Å²) < 4.78 is 0. The maximum Gasteiger partial charge on any atom is 0.161 e. The average Bonchev–Trinajstić information content (AvgIpc) is 2.48. The SMILES string of the molecule is Cc1cc(N2CCC(N)CC2)nc(-c2ccccc2)n1. The van der Waals surface area contributed by atoms with Crippen LogP contribution >= 0.6 is 0 Å². The molecular weight excluding hydrogens is 248 g/mol. The maximum absolute atomic E-state index is 5.97. The van der Waals surface area contributed by atoms with Crippen LogP contribution in [0.1, 0.15) is 18.5 Å². The van der Waals surface area contributed by atoms with Gasteiger partial charge in [0.15, 0.2) is 5.82 Å². The van der Waals surface area contributed by atoms with Gasteiger partial charge in [0.25, 0.3) is 0 Å². The van der Waals surface area contributed by atoms with Crippen molar-refractivity contribution in [2.75, 3.05) is 18.0 Å². The lowest BCUT2D eigenvalue weighted by Gasteiger charge is -2.31. The Balaban J connectivity index is 1.91. The Morgan fingerprint density at radius 1 is 1.10 bits per heavy atom. The summed E-state index contributed by atoms with van der Waals surface area (Å²) in [5, 5.41) is 0. The Labute approximate surface area is 119 Å². The second-order valence-electron chi connectivity index (χ2n) is 5.38. The van der Waals surface area contributed by atoms with Crippen LogP contribution in [0.25, 0.3) is 11.4 Å². The van der Waals surface area contributed by atoms with Crippen molar-refractivity contribution in [2.45, 2.75) is 25.8 Å². The molecule has 1 aliphatic rings. The Morgan fingerprint density at radius 2 is 1.80 bits per heavy atom. The van der Waals surface area contributed by atoms with Crippen molar-refractivity contribution in [3.8, 4) is 11.4 Å². The van der Waals surface area contributed by atoms with Crippen LogP contribution in [0, 0.1) is 6.92 Å². The van der Waals surface area contributed by atoms with E-state index in [1.807, 2.05) is 37.3 Å². The zero-order valence-electron chi connectivity index (χ0n) is 11.8. The lowest BCUT2D eigenvalue weighted by atomic mass is 10.1. The number of nitrogens with two attached hydrogens (primary N) is 1. The monoisotopic (exact) mass is 268 g/mol. The van der Waals surface area contributed by atoms with Gasteiger partial charge in [-0.05, 0) is 19.8 Å². The third kappa shape index (κ3) is 2.80. The molecular formula is C16H20N4. The highest BCUT2D eigenvalue weighted by Gasteiger charge is 2.18. The lowest BCUT2D eigenvalue weighted by molar-refractivity contribution is 0.498. The minimum atomic E-state index is 0.336. The summed E-state index contributed by atoms with van der Waals surface area (Å²) in [6, 6.07) is 12.5. The normalized spacial score (nSPS) is 16.4. The van der Waals surface area contributed by atoms with E-state index in [9.17, 15) is 0 Å². The van der Waals surface area contributed by atoms with Crippen LogP contribution in [0.5, 0.6) is 0 Å². The molecule has 0 unspecified atom stereocenters. The average molecular weight is 268 g/mol. The third-order valence-corrected chi connectivity index (χ3v) is 3.74. The van der Waals surface area contributed by atoms with Crippen molar-refractivity contribution in [3.63, 3.8) is 0 Å². The minimum absolute atomic E-state index is 0.336. The molecule has 2 heterocycles. The molecule has 104 valence electrons. The number of hydrogen-bond donors (Lipinski definition) is 1. The van der Waals surface area contributed by atoms with E-state index in [1.54, 1.807) is 0 Å². The second-order valence-corrected chi connectivity index (χ2v) is 5.38. The van der Waals surface area contributed by atoms with E-state index >= 15 is 0 Å². The molecule has 1 fully saturated rings. The van der Waals surface area contributed by atoms with E-state index in [0.29, 0.717) is 6.04 Å². The Bertz CT molecular complexity index is 574.